The smallest absolute Gasteiger partial charge is 0.218 e. The van der Waals surface area contributed by atoms with Crippen LogP contribution in [0.15, 0.2) is 6.07 Å². The summed E-state index contributed by atoms with van der Waals surface area (Å²) in [4.78, 5) is 8.27. The van der Waals surface area contributed by atoms with Crippen molar-refractivity contribution in [2.45, 2.75) is 33.3 Å². The number of hydrogen-bond donors (Lipinski definition) is 1. The van der Waals surface area contributed by atoms with Crippen molar-refractivity contribution in [2.24, 2.45) is 5.92 Å². The number of ether oxygens (including phenoxy) is 2. The van der Waals surface area contributed by atoms with Crippen LogP contribution in [0.1, 0.15) is 32.5 Å². The Morgan fingerprint density at radius 3 is 2.82 bits per heavy atom. The molecule has 1 heterocycles. The monoisotopic (exact) mass is 239 g/mol. The summed E-state index contributed by atoms with van der Waals surface area (Å²) in [7, 11) is 1.59. The molecule has 2 N–H and O–H groups in total. The van der Waals surface area contributed by atoms with Crippen molar-refractivity contribution in [1.82, 2.24) is 9.97 Å². The van der Waals surface area contributed by atoms with Crippen LogP contribution in [0, 0.1) is 5.92 Å². The van der Waals surface area contributed by atoms with Gasteiger partial charge < -0.3 is 15.2 Å². The Labute approximate surface area is 102 Å². The normalized spacial score (nSPS) is 12.4. The average molecular weight is 239 g/mol. The molecule has 1 rings (SSSR count). The Morgan fingerprint density at radius 1 is 1.41 bits per heavy atom. The van der Waals surface area contributed by atoms with Crippen LogP contribution in [0.4, 0.5) is 5.82 Å². The number of nitrogen functional groups attached to an aromatic ring is 1. The fraction of sp³-hybridized carbons (Fsp3) is 0.667. The summed E-state index contributed by atoms with van der Waals surface area (Å²) >= 11 is 0. The zero-order chi connectivity index (χ0) is 12.7. The predicted octanol–water partition coefficient (Wildman–Crippen LogP) is 2.02. The number of nitrogens with zero attached hydrogens (tertiary/aromatic N) is 2. The third-order valence-electron chi connectivity index (χ3n) is 2.34. The second-order valence-corrected chi connectivity index (χ2v) is 4.19. The quantitative estimate of drug-likeness (QED) is 0.788. The van der Waals surface area contributed by atoms with Crippen molar-refractivity contribution in [3.63, 3.8) is 0 Å². The van der Waals surface area contributed by atoms with Crippen molar-refractivity contribution in [3.05, 3.63) is 11.9 Å². The van der Waals surface area contributed by atoms with Crippen molar-refractivity contribution >= 4 is 5.82 Å². The zero-order valence-corrected chi connectivity index (χ0v) is 10.8. The van der Waals surface area contributed by atoms with Crippen LogP contribution in [0.3, 0.4) is 0 Å². The van der Waals surface area contributed by atoms with E-state index in [-0.39, 0.29) is 0 Å². The molecule has 0 aliphatic carbocycles. The average Bonchev–Trinajstić information content (AvgIpc) is 2.26. The van der Waals surface area contributed by atoms with E-state index in [9.17, 15) is 0 Å². The fourth-order valence-electron chi connectivity index (χ4n) is 1.56. The van der Waals surface area contributed by atoms with Crippen LogP contribution >= 0.6 is 0 Å². The van der Waals surface area contributed by atoms with Crippen molar-refractivity contribution in [1.29, 1.82) is 0 Å². The predicted molar refractivity (Wildman–Crippen MR) is 66.7 cm³/mol. The van der Waals surface area contributed by atoms with Gasteiger partial charge in [0.25, 0.3) is 0 Å². The molecule has 0 spiro atoms. The molecule has 0 radical (unpaired) electrons. The van der Waals surface area contributed by atoms with Gasteiger partial charge in [0.05, 0.1) is 6.61 Å². The standard InChI is InChI=1S/C12H21N3O2/c1-4-5-9(2)7-17-12-6-10(13)14-11(15-12)8-16-3/h6,9H,4-5,7-8H2,1-3H3,(H2,13,14,15). The molecule has 5 heteroatoms. The SMILES string of the molecule is CCCC(C)COc1cc(N)nc(COC)n1. The van der Waals surface area contributed by atoms with Crippen LogP contribution in [-0.4, -0.2) is 23.7 Å². The summed E-state index contributed by atoms with van der Waals surface area (Å²) in [6.45, 7) is 5.31. The summed E-state index contributed by atoms with van der Waals surface area (Å²) in [6.07, 6.45) is 2.30. The molecule has 0 bridgehead atoms. The van der Waals surface area contributed by atoms with Crippen LogP contribution in [-0.2, 0) is 11.3 Å². The van der Waals surface area contributed by atoms with Gasteiger partial charge in [-0.15, -0.1) is 0 Å². The molecule has 5 nitrogen and oxygen atoms in total. The number of aromatic nitrogens is 2. The molecule has 1 atom stereocenters. The molecule has 0 saturated heterocycles. The maximum atomic E-state index is 5.67. The van der Waals surface area contributed by atoms with Gasteiger partial charge in [0.15, 0.2) is 5.82 Å². The third kappa shape index (κ3) is 4.99. The van der Waals surface area contributed by atoms with E-state index in [0.29, 0.717) is 36.7 Å². The van der Waals surface area contributed by atoms with E-state index >= 15 is 0 Å². The van der Waals surface area contributed by atoms with Crippen molar-refractivity contribution in [3.8, 4) is 5.88 Å². The molecule has 1 aromatic rings. The molecular formula is C12H21N3O2. The van der Waals surface area contributed by atoms with Crippen molar-refractivity contribution in [2.75, 3.05) is 19.5 Å². The van der Waals surface area contributed by atoms with E-state index in [1.165, 1.54) is 0 Å². The first-order chi connectivity index (χ1) is 8.15. The minimum absolute atomic E-state index is 0.339. The van der Waals surface area contributed by atoms with Crippen LogP contribution in [0.5, 0.6) is 5.88 Å². The molecule has 0 aromatic carbocycles. The molecule has 96 valence electrons. The Morgan fingerprint density at radius 2 is 2.18 bits per heavy atom. The molecule has 0 fully saturated rings. The minimum atomic E-state index is 0.339. The molecule has 0 amide bonds. The first-order valence-electron chi connectivity index (χ1n) is 5.90. The van der Waals surface area contributed by atoms with Gasteiger partial charge >= 0.3 is 0 Å². The summed E-state index contributed by atoms with van der Waals surface area (Å²) in [5.41, 5.74) is 5.67. The largest absolute Gasteiger partial charge is 0.477 e. The zero-order valence-electron chi connectivity index (χ0n) is 10.8. The van der Waals surface area contributed by atoms with E-state index in [0.717, 1.165) is 12.8 Å². The molecule has 0 aliphatic rings. The van der Waals surface area contributed by atoms with Crippen LogP contribution in [0.25, 0.3) is 0 Å². The van der Waals surface area contributed by atoms with Crippen LogP contribution < -0.4 is 10.5 Å². The second kappa shape index (κ2) is 7.06. The van der Waals surface area contributed by atoms with Crippen molar-refractivity contribution < 1.29 is 9.47 Å². The molecule has 1 unspecified atom stereocenters. The molecular weight excluding hydrogens is 218 g/mol. The highest BCUT2D eigenvalue weighted by molar-refractivity contribution is 5.32. The lowest BCUT2D eigenvalue weighted by Crippen LogP contribution is -2.11. The Bertz CT molecular complexity index is 345. The highest BCUT2D eigenvalue weighted by Crippen LogP contribution is 2.14. The lowest BCUT2D eigenvalue weighted by molar-refractivity contribution is 0.175. The van der Waals surface area contributed by atoms with Gasteiger partial charge in [-0.2, -0.15) is 4.98 Å². The first kappa shape index (κ1) is 13.7. The molecule has 0 aliphatic heterocycles. The second-order valence-electron chi connectivity index (χ2n) is 4.19. The highest BCUT2D eigenvalue weighted by Gasteiger charge is 2.06. The molecule has 17 heavy (non-hydrogen) atoms. The van der Waals surface area contributed by atoms with Gasteiger partial charge in [0.1, 0.15) is 12.4 Å². The summed E-state index contributed by atoms with van der Waals surface area (Å²) < 4.78 is 10.6. The lowest BCUT2D eigenvalue weighted by Gasteiger charge is -2.12. The van der Waals surface area contributed by atoms with Gasteiger partial charge in [-0.25, -0.2) is 4.98 Å². The first-order valence-corrected chi connectivity index (χ1v) is 5.90. The number of hydrogen-bond acceptors (Lipinski definition) is 5. The minimum Gasteiger partial charge on any atom is -0.477 e. The number of anilines is 1. The van der Waals surface area contributed by atoms with E-state index < -0.39 is 0 Å². The maximum absolute atomic E-state index is 5.67. The van der Waals surface area contributed by atoms with E-state index in [1.807, 2.05) is 0 Å². The lowest BCUT2D eigenvalue weighted by atomic mass is 10.1. The Hall–Kier alpha value is -1.36. The van der Waals surface area contributed by atoms with Gasteiger partial charge in [0.2, 0.25) is 5.88 Å². The van der Waals surface area contributed by atoms with Gasteiger partial charge in [-0.05, 0) is 12.3 Å². The van der Waals surface area contributed by atoms with Gasteiger partial charge in [-0.1, -0.05) is 20.3 Å². The molecule has 1 aromatic heterocycles. The van der Waals surface area contributed by atoms with Gasteiger partial charge in [-0.3, -0.25) is 0 Å². The number of rotatable bonds is 7. The summed E-state index contributed by atoms with van der Waals surface area (Å²) in [5.74, 6) is 1.99. The summed E-state index contributed by atoms with van der Waals surface area (Å²) in [6, 6.07) is 1.64. The third-order valence-corrected chi connectivity index (χ3v) is 2.34. The maximum Gasteiger partial charge on any atom is 0.218 e. The molecule has 0 saturated carbocycles. The fourth-order valence-corrected chi connectivity index (χ4v) is 1.56. The van der Waals surface area contributed by atoms with Gasteiger partial charge in [0, 0.05) is 13.2 Å². The van der Waals surface area contributed by atoms with E-state index in [1.54, 1.807) is 13.2 Å². The Kier molecular flexibility index (Phi) is 5.69. The van der Waals surface area contributed by atoms with E-state index in [4.69, 9.17) is 15.2 Å². The topological polar surface area (TPSA) is 70.3 Å². The number of methoxy groups -OCH3 is 1. The van der Waals surface area contributed by atoms with E-state index in [2.05, 4.69) is 23.8 Å². The Balaban J connectivity index is 2.57. The van der Waals surface area contributed by atoms with Crippen LogP contribution in [0.2, 0.25) is 0 Å². The summed E-state index contributed by atoms with van der Waals surface area (Å²) in [5, 5.41) is 0. The number of nitrogens with two attached hydrogens (primary N) is 1. The highest BCUT2D eigenvalue weighted by atomic mass is 16.5.